The van der Waals surface area contributed by atoms with Gasteiger partial charge in [0.05, 0.1) is 25.5 Å². The fraction of sp³-hybridized carbons (Fsp3) is 0.421. The quantitative estimate of drug-likeness (QED) is 0.827. The predicted octanol–water partition coefficient (Wildman–Crippen LogP) is 1.29. The third-order valence-electron chi connectivity index (χ3n) is 4.94. The van der Waals surface area contributed by atoms with E-state index in [4.69, 9.17) is 4.74 Å². The second-order valence-corrected chi connectivity index (χ2v) is 6.72. The minimum Gasteiger partial charge on any atom is -0.464 e. The highest BCUT2D eigenvalue weighted by Crippen LogP contribution is 2.36. The van der Waals surface area contributed by atoms with Crippen molar-refractivity contribution < 1.29 is 14.6 Å². The number of hydrogen-bond donors (Lipinski definition) is 1. The zero-order valence-corrected chi connectivity index (χ0v) is 15.3. The molecule has 0 unspecified atom stereocenters. The maximum Gasteiger partial charge on any atom is 0.358 e. The van der Waals surface area contributed by atoms with E-state index in [1.54, 1.807) is 6.20 Å². The molecule has 0 aliphatic carbocycles. The first-order chi connectivity index (χ1) is 12.5. The van der Waals surface area contributed by atoms with Crippen LogP contribution in [-0.2, 0) is 10.3 Å². The summed E-state index contributed by atoms with van der Waals surface area (Å²) in [5.74, 6) is 0.0937. The SMILES string of the molecule is COC(=O)c1cncc(N2CC[C@](O)(c3ccccc3)[C@H](N(C)C)C2)n1. The number of methoxy groups -OCH3 is 1. The summed E-state index contributed by atoms with van der Waals surface area (Å²) in [7, 11) is 5.23. The molecule has 1 fully saturated rings. The van der Waals surface area contributed by atoms with Crippen LogP contribution in [0.4, 0.5) is 5.82 Å². The Hall–Kier alpha value is -2.51. The third kappa shape index (κ3) is 3.40. The number of aromatic nitrogens is 2. The average Bonchev–Trinajstić information content (AvgIpc) is 2.68. The molecule has 1 aliphatic heterocycles. The lowest BCUT2D eigenvalue weighted by molar-refractivity contribution is -0.0527. The number of nitrogens with zero attached hydrogens (tertiary/aromatic N) is 4. The highest BCUT2D eigenvalue weighted by Gasteiger charge is 2.44. The van der Waals surface area contributed by atoms with Crippen molar-refractivity contribution in [1.82, 2.24) is 14.9 Å². The summed E-state index contributed by atoms with van der Waals surface area (Å²) in [5.41, 5.74) is 0.136. The number of carbonyl (C=O) groups is 1. The molecule has 7 heteroatoms. The molecule has 1 aliphatic rings. The minimum atomic E-state index is -0.950. The van der Waals surface area contributed by atoms with E-state index >= 15 is 0 Å². The maximum absolute atomic E-state index is 11.7. The van der Waals surface area contributed by atoms with Gasteiger partial charge in [-0.3, -0.25) is 4.98 Å². The number of benzene rings is 1. The number of rotatable bonds is 4. The van der Waals surface area contributed by atoms with Crippen molar-refractivity contribution in [3.05, 3.63) is 54.0 Å². The van der Waals surface area contributed by atoms with Crippen LogP contribution in [-0.4, -0.2) is 66.3 Å². The summed E-state index contributed by atoms with van der Waals surface area (Å²) < 4.78 is 4.72. The molecule has 3 rings (SSSR count). The van der Waals surface area contributed by atoms with Crippen molar-refractivity contribution in [2.24, 2.45) is 0 Å². The second-order valence-electron chi connectivity index (χ2n) is 6.72. The molecule has 0 saturated carbocycles. The van der Waals surface area contributed by atoms with Gasteiger partial charge in [-0.2, -0.15) is 0 Å². The highest BCUT2D eigenvalue weighted by atomic mass is 16.5. The Morgan fingerprint density at radius 2 is 2.04 bits per heavy atom. The molecule has 2 heterocycles. The van der Waals surface area contributed by atoms with Crippen molar-refractivity contribution in [2.45, 2.75) is 18.1 Å². The van der Waals surface area contributed by atoms with Crippen LogP contribution in [0.5, 0.6) is 0 Å². The molecule has 1 saturated heterocycles. The Bertz CT molecular complexity index is 768. The predicted molar refractivity (Wildman–Crippen MR) is 98.0 cm³/mol. The molecule has 7 nitrogen and oxygen atoms in total. The zero-order chi connectivity index (χ0) is 18.7. The standard InChI is InChI=1S/C19H24N4O3/c1-22(2)16-13-23(17-12-20-11-15(21-17)18(24)26-3)10-9-19(16,25)14-7-5-4-6-8-14/h4-8,11-12,16,25H,9-10,13H2,1-3H3/t16-,19+/m1/s1. The van der Waals surface area contributed by atoms with Crippen LogP contribution in [0, 0.1) is 0 Å². The van der Waals surface area contributed by atoms with Gasteiger partial charge in [-0.1, -0.05) is 30.3 Å². The highest BCUT2D eigenvalue weighted by molar-refractivity contribution is 5.87. The Labute approximate surface area is 153 Å². The van der Waals surface area contributed by atoms with Gasteiger partial charge in [-0.05, 0) is 26.1 Å². The largest absolute Gasteiger partial charge is 0.464 e. The van der Waals surface area contributed by atoms with Gasteiger partial charge >= 0.3 is 5.97 Å². The molecule has 1 aromatic heterocycles. The maximum atomic E-state index is 11.7. The van der Waals surface area contributed by atoms with Crippen LogP contribution < -0.4 is 4.90 Å². The van der Waals surface area contributed by atoms with E-state index in [1.807, 2.05) is 54.2 Å². The zero-order valence-electron chi connectivity index (χ0n) is 15.3. The molecule has 0 spiro atoms. The second kappa shape index (κ2) is 7.39. The van der Waals surface area contributed by atoms with Gasteiger partial charge in [-0.25, -0.2) is 9.78 Å². The Balaban J connectivity index is 1.88. The average molecular weight is 356 g/mol. The molecule has 0 amide bonds. The third-order valence-corrected chi connectivity index (χ3v) is 4.94. The summed E-state index contributed by atoms with van der Waals surface area (Å²) in [6.07, 6.45) is 3.57. The Kier molecular flexibility index (Phi) is 5.20. The van der Waals surface area contributed by atoms with Crippen LogP contribution in [0.2, 0.25) is 0 Å². The summed E-state index contributed by atoms with van der Waals surface area (Å²) in [6, 6.07) is 9.62. The normalized spacial score (nSPS) is 23.1. The van der Waals surface area contributed by atoms with Crippen LogP contribution in [0.3, 0.4) is 0 Å². The molecule has 2 atom stereocenters. The van der Waals surface area contributed by atoms with E-state index in [1.165, 1.54) is 13.3 Å². The van der Waals surface area contributed by atoms with Gasteiger partial charge < -0.3 is 19.6 Å². The summed E-state index contributed by atoms with van der Waals surface area (Å²) in [4.78, 5) is 24.3. The van der Waals surface area contributed by atoms with Gasteiger partial charge in [0, 0.05) is 13.1 Å². The first-order valence-electron chi connectivity index (χ1n) is 8.55. The van der Waals surface area contributed by atoms with Gasteiger partial charge in [-0.15, -0.1) is 0 Å². The number of likely N-dealkylation sites (N-methyl/N-ethyl adjacent to an activating group) is 1. The molecular formula is C19H24N4O3. The molecule has 2 aromatic rings. The molecule has 1 aromatic carbocycles. The summed E-state index contributed by atoms with van der Waals surface area (Å²) in [5, 5.41) is 11.4. The van der Waals surface area contributed by atoms with E-state index < -0.39 is 11.6 Å². The van der Waals surface area contributed by atoms with Crippen molar-refractivity contribution in [1.29, 1.82) is 0 Å². The number of aliphatic hydroxyl groups is 1. The fourth-order valence-corrected chi connectivity index (χ4v) is 3.50. The van der Waals surface area contributed by atoms with E-state index in [-0.39, 0.29) is 11.7 Å². The first kappa shape index (κ1) is 18.3. The summed E-state index contributed by atoms with van der Waals surface area (Å²) >= 11 is 0. The van der Waals surface area contributed by atoms with Crippen LogP contribution in [0.15, 0.2) is 42.7 Å². The lowest BCUT2D eigenvalue weighted by Crippen LogP contribution is -2.59. The van der Waals surface area contributed by atoms with Gasteiger partial charge in [0.1, 0.15) is 11.4 Å². The monoisotopic (exact) mass is 356 g/mol. The summed E-state index contributed by atoms with van der Waals surface area (Å²) in [6.45, 7) is 1.17. The van der Waals surface area contributed by atoms with Gasteiger partial charge in [0.15, 0.2) is 5.69 Å². The molecule has 0 bridgehead atoms. The Morgan fingerprint density at radius 1 is 1.31 bits per heavy atom. The van der Waals surface area contributed by atoms with Gasteiger partial charge in [0.2, 0.25) is 0 Å². The van der Waals surface area contributed by atoms with Crippen molar-refractivity contribution in [2.75, 3.05) is 39.2 Å². The van der Waals surface area contributed by atoms with Crippen LogP contribution in [0.25, 0.3) is 0 Å². The lowest BCUT2D eigenvalue weighted by atomic mass is 9.80. The van der Waals surface area contributed by atoms with Crippen molar-refractivity contribution in [3.8, 4) is 0 Å². The molecule has 138 valence electrons. The van der Waals surface area contributed by atoms with Crippen molar-refractivity contribution in [3.63, 3.8) is 0 Å². The van der Waals surface area contributed by atoms with Crippen LogP contribution in [0.1, 0.15) is 22.5 Å². The first-order valence-corrected chi connectivity index (χ1v) is 8.55. The van der Waals surface area contributed by atoms with Crippen molar-refractivity contribution >= 4 is 11.8 Å². The number of hydrogen-bond acceptors (Lipinski definition) is 7. The topological polar surface area (TPSA) is 78.8 Å². The number of ether oxygens (including phenoxy) is 1. The lowest BCUT2D eigenvalue weighted by Gasteiger charge is -2.48. The van der Waals surface area contributed by atoms with E-state index in [0.29, 0.717) is 25.3 Å². The fourth-order valence-electron chi connectivity index (χ4n) is 3.50. The number of piperidine rings is 1. The van der Waals surface area contributed by atoms with E-state index in [0.717, 1.165) is 5.56 Å². The molecule has 1 N–H and O–H groups in total. The number of carbonyl (C=O) groups excluding carboxylic acids is 1. The van der Waals surface area contributed by atoms with E-state index in [9.17, 15) is 9.90 Å². The van der Waals surface area contributed by atoms with Crippen LogP contribution >= 0.6 is 0 Å². The Morgan fingerprint density at radius 3 is 2.69 bits per heavy atom. The van der Waals surface area contributed by atoms with Gasteiger partial charge in [0.25, 0.3) is 0 Å². The minimum absolute atomic E-state index is 0.137. The number of anilines is 1. The molecule has 0 radical (unpaired) electrons. The molecular weight excluding hydrogens is 332 g/mol. The van der Waals surface area contributed by atoms with E-state index in [2.05, 4.69) is 9.97 Å². The smallest absolute Gasteiger partial charge is 0.358 e. The number of esters is 1. The molecule has 26 heavy (non-hydrogen) atoms.